The van der Waals surface area contributed by atoms with E-state index in [1.807, 2.05) is 42.2 Å². The van der Waals surface area contributed by atoms with Gasteiger partial charge < -0.3 is 19.5 Å². The molecule has 1 aliphatic heterocycles. The number of aliphatic hydroxyl groups excluding tert-OH is 1. The summed E-state index contributed by atoms with van der Waals surface area (Å²) >= 11 is 0. The summed E-state index contributed by atoms with van der Waals surface area (Å²) in [6.45, 7) is 7.26. The fraction of sp³-hybridized carbons (Fsp3) is 0.526. The first-order chi connectivity index (χ1) is 12.0. The Bertz CT molecular complexity index is 595. The van der Waals surface area contributed by atoms with Crippen molar-refractivity contribution >= 4 is 12.0 Å². The number of β-amino-alcohol motifs (C(OH)–C–C–N with tert-alkyl or cyclic N) is 1. The van der Waals surface area contributed by atoms with E-state index in [1.54, 1.807) is 14.0 Å². The molecule has 1 heterocycles. The molecule has 0 bridgehead atoms. The van der Waals surface area contributed by atoms with Crippen molar-refractivity contribution in [2.45, 2.75) is 20.0 Å². The van der Waals surface area contributed by atoms with Crippen molar-refractivity contribution in [1.29, 1.82) is 0 Å². The maximum absolute atomic E-state index is 11.3. The number of carbonyl (C=O) groups excluding carboxylic acids is 1. The van der Waals surface area contributed by atoms with Crippen LogP contribution in [0.4, 0.5) is 0 Å². The van der Waals surface area contributed by atoms with Crippen LogP contribution in [0.15, 0.2) is 24.3 Å². The lowest BCUT2D eigenvalue weighted by molar-refractivity contribution is -0.130. The van der Waals surface area contributed by atoms with Gasteiger partial charge in [0.15, 0.2) is 11.5 Å². The summed E-state index contributed by atoms with van der Waals surface area (Å²) < 4.78 is 11.1. The number of piperazine rings is 1. The Morgan fingerprint density at radius 2 is 2.00 bits per heavy atom. The SMILES string of the molecule is C/C=C/c1ccc(OCC(O)CN2CCN(C(C)=O)CC2)c(OC)c1. The summed E-state index contributed by atoms with van der Waals surface area (Å²) in [6.07, 6.45) is 3.36. The highest BCUT2D eigenvalue weighted by molar-refractivity contribution is 5.73. The highest BCUT2D eigenvalue weighted by atomic mass is 16.5. The third-order valence-corrected chi connectivity index (χ3v) is 4.26. The van der Waals surface area contributed by atoms with E-state index >= 15 is 0 Å². The van der Waals surface area contributed by atoms with Crippen LogP contribution in [0.1, 0.15) is 19.4 Å². The molecule has 0 spiro atoms. The second kappa shape index (κ2) is 9.44. The molecule has 0 radical (unpaired) electrons. The van der Waals surface area contributed by atoms with Crippen LogP contribution in [0.3, 0.4) is 0 Å². The molecule has 1 aliphatic rings. The molecule has 6 nitrogen and oxygen atoms in total. The first-order valence-electron chi connectivity index (χ1n) is 8.63. The van der Waals surface area contributed by atoms with Crippen molar-refractivity contribution in [2.75, 3.05) is 46.4 Å². The summed E-state index contributed by atoms with van der Waals surface area (Å²) in [5.74, 6) is 1.38. The lowest BCUT2D eigenvalue weighted by atomic mass is 10.2. The number of benzene rings is 1. The maximum Gasteiger partial charge on any atom is 0.219 e. The van der Waals surface area contributed by atoms with Gasteiger partial charge in [0.05, 0.1) is 7.11 Å². The van der Waals surface area contributed by atoms with Gasteiger partial charge in [-0.2, -0.15) is 0 Å². The average molecular weight is 348 g/mol. The van der Waals surface area contributed by atoms with Crippen molar-refractivity contribution in [2.24, 2.45) is 0 Å². The molecule has 1 aromatic carbocycles. The number of hydrogen-bond acceptors (Lipinski definition) is 5. The number of methoxy groups -OCH3 is 1. The normalized spacial score (nSPS) is 16.9. The lowest BCUT2D eigenvalue weighted by Gasteiger charge is -2.35. The van der Waals surface area contributed by atoms with Gasteiger partial charge in [0, 0.05) is 39.6 Å². The van der Waals surface area contributed by atoms with Crippen LogP contribution >= 0.6 is 0 Å². The standard InChI is InChI=1S/C19H28N2O4/c1-4-5-16-6-7-18(19(12-16)24-3)25-14-17(23)13-20-8-10-21(11-9-20)15(2)22/h4-7,12,17,23H,8-11,13-14H2,1-3H3/b5-4+. The van der Waals surface area contributed by atoms with Gasteiger partial charge in [0.1, 0.15) is 12.7 Å². The van der Waals surface area contributed by atoms with Crippen molar-refractivity contribution in [1.82, 2.24) is 9.80 Å². The van der Waals surface area contributed by atoms with Gasteiger partial charge in [-0.1, -0.05) is 18.2 Å². The van der Waals surface area contributed by atoms with Gasteiger partial charge in [0.25, 0.3) is 0 Å². The molecular formula is C19H28N2O4. The van der Waals surface area contributed by atoms with Crippen molar-refractivity contribution < 1.29 is 19.4 Å². The average Bonchev–Trinajstić information content (AvgIpc) is 2.61. The van der Waals surface area contributed by atoms with E-state index in [0.29, 0.717) is 31.1 Å². The minimum Gasteiger partial charge on any atom is -0.493 e. The molecule has 1 aromatic rings. The van der Waals surface area contributed by atoms with Crippen LogP contribution in [0.2, 0.25) is 0 Å². The Kier molecular flexibility index (Phi) is 7.28. The Morgan fingerprint density at radius 1 is 1.28 bits per heavy atom. The molecule has 6 heteroatoms. The number of carbonyl (C=O) groups is 1. The summed E-state index contributed by atoms with van der Waals surface area (Å²) in [5.41, 5.74) is 1.04. The molecule has 1 saturated heterocycles. The van der Waals surface area contributed by atoms with Crippen LogP contribution in [0, 0.1) is 0 Å². The zero-order valence-corrected chi connectivity index (χ0v) is 15.3. The van der Waals surface area contributed by atoms with Gasteiger partial charge in [-0.05, 0) is 24.6 Å². The second-order valence-electron chi connectivity index (χ2n) is 6.18. The molecule has 138 valence electrons. The first-order valence-corrected chi connectivity index (χ1v) is 8.63. The van der Waals surface area contributed by atoms with Gasteiger partial charge in [-0.15, -0.1) is 0 Å². The predicted molar refractivity (Wildman–Crippen MR) is 97.9 cm³/mol. The molecule has 0 saturated carbocycles. The van der Waals surface area contributed by atoms with Crippen LogP contribution in [0.5, 0.6) is 11.5 Å². The zero-order chi connectivity index (χ0) is 18.2. The molecule has 1 amide bonds. The molecule has 1 N–H and O–H groups in total. The topological polar surface area (TPSA) is 62.2 Å². The van der Waals surface area contributed by atoms with Crippen LogP contribution in [0.25, 0.3) is 6.08 Å². The Balaban J connectivity index is 1.82. The lowest BCUT2D eigenvalue weighted by Crippen LogP contribution is -2.50. The van der Waals surface area contributed by atoms with E-state index in [4.69, 9.17) is 9.47 Å². The monoisotopic (exact) mass is 348 g/mol. The Labute approximate surface area is 149 Å². The third kappa shape index (κ3) is 5.76. The molecule has 1 atom stereocenters. The van der Waals surface area contributed by atoms with Gasteiger partial charge >= 0.3 is 0 Å². The number of amides is 1. The molecule has 25 heavy (non-hydrogen) atoms. The van der Waals surface area contributed by atoms with Crippen LogP contribution < -0.4 is 9.47 Å². The summed E-state index contributed by atoms with van der Waals surface area (Å²) in [6, 6.07) is 5.71. The minimum atomic E-state index is -0.594. The molecule has 0 aliphatic carbocycles. The summed E-state index contributed by atoms with van der Waals surface area (Å²) in [5, 5.41) is 10.2. The van der Waals surface area contributed by atoms with E-state index in [0.717, 1.165) is 18.7 Å². The fourth-order valence-electron chi connectivity index (χ4n) is 2.88. The summed E-state index contributed by atoms with van der Waals surface area (Å²) in [4.78, 5) is 15.3. The number of rotatable bonds is 7. The van der Waals surface area contributed by atoms with E-state index < -0.39 is 6.10 Å². The van der Waals surface area contributed by atoms with Crippen molar-refractivity contribution in [3.63, 3.8) is 0 Å². The first kappa shape index (κ1) is 19.3. The predicted octanol–water partition coefficient (Wildman–Crippen LogP) is 1.63. The van der Waals surface area contributed by atoms with E-state index in [-0.39, 0.29) is 12.5 Å². The van der Waals surface area contributed by atoms with E-state index in [9.17, 15) is 9.90 Å². The highest BCUT2D eigenvalue weighted by Gasteiger charge is 2.21. The van der Waals surface area contributed by atoms with Crippen LogP contribution in [-0.4, -0.2) is 73.4 Å². The quantitative estimate of drug-likeness (QED) is 0.812. The number of allylic oxidation sites excluding steroid dienone is 1. The van der Waals surface area contributed by atoms with Gasteiger partial charge in [-0.25, -0.2) is 0 Å². The number of hydrogen-bond donors (Lipinski definition) is 1. The smallest absolute Gasteiger partial charge is 0.219 e. The van der Waals surface area contributed by atoms with Gasteiger partial charge in [0.2, 0.25) is 5.91 Å². The van der Waals surface area contributed by atoms with Crippen molar-refractivity contribution in [3.8, 4) is 11.5 Å². The molecule has 0 aromatic heterocycles. The molecule has 1 fully saturated rings. The largest absolute Gasteiger partial charge is 0.493 e. The third-order valence-electron chi connectivity index (χ3n) is 4.26. The van der Waals surface area contributed by atoms with E-state index in [1.165, 1.54) is 0 Å². The Morgan fingerprint density at radius 3 is 2.60 bits per heavy atom. The Hall–Kier alpha value is -2.05. The molecular weight excluding hydrogens is 320 g/mol. The molecule has 1 unspecified atom stereocenters. The number of ether oxygens (including phenoxy) is 2. The maximum atomic E-state index is 11.3. The minimum absolute atomic E-state index is 0.108. The number of nitrogens with zero attached hydrogens (tertiary/aromatic N) is 2. The van der Waals surface area contributed by atoms with Crippen molar-refractivity contribution in [3.05, 3.63) is 29.8 Å². The second-order valence-corrected chi connectivity index (χ2v) is 6.18. The molecule has 2 rings (SSSR count). The van der Waals surface area contributed by atoms with E-state index in [2.05, 4.69) is 4.90 Å². The van der Waals surface area contributed by atoms with Gasteiger partial charge in [-0.3, -0.25) is 9.69 Å². The zero-order valence-electron chi connectivity index (χ0n) is 15.3. The highest BCUT2D eigenvalue weighted by Crippen LogP contribution is 2.28. The van der Waals surface area contributed by atoms with Crippen LogP contribution in [-0.2, 0) is 4.79 Å². The fourth-order valence-corrected chi connectivity index (χ4v) is 2.88. The summed E-state index contributed by atoms with van der Waals surface area (Å²) in [7, 11) is 1.60. The number of aliphatic hydroxyl groups is 1.